The van der Waals surface area contributed by atoms with Crippen LogP contribution in [0.3, 0.4) is 0 Å². The number of aromatic amines is 1. The first-order valence-corrected chi connectivity index (χ1v) is 11.1. The van der Waals surface area contributed by atoms with Gasteiger partial charge in [-0.25, -0.2) is 4.98 Å². The Morgan fingerprint density at radius 3 is 2.80 bits per heavy atom. The number of amides is 1. The highest BCUT2D eigenvalue weighted by Crippen LogP contribution is 2.30. The summed E-state index contributed by atoms with van der Waals surface area (Å²) in [4.78, 5) is 34.3. The summed E-state index contributed by atoms with van der Waals surface area (Å²) < 4.78 is 15.9. The Balaban J connectivity index is 1.44. The minimum atomic E-state index is -0.741. The maximum absolute atomic E-state index is 13.1. The molecule has 11 heteroatoms. The van der Waals surface area contributed by atoms with Gasteiger partial charge in [0, 0.05) is 31.5 Å². The molecule has 180 valence electrons. The Kier molecular flexibility index (Phi) is 6.15. The Morgan fingerprint density at radius 2 is 2.00 bits per heavy atom. The molecule has 2 aromatic carbocycles. The molecule has 4 aromatic rings. The van der Waals surface area contributed by atoms with Crippen molar-refractivity contribution in [1.29, 1.82) is 0 Å². The van der Waals surface area contributed by atoms with Gasteiger partial charge in [-0.1, -0.05) is 12.1 Å². The van der Waals surface area contributed by atoms with Crippen LogP contribution in [0.4, 0.5) is 5.69 Å². The number of rotatable bonds is 7. The third kappa shape index (κ3) is 4.58. The second kappa shape index (κ2) is 9.55. The lowest BCUT2D eigenvalue weighted by atomic mass is 10.1. The number of ether oxygens (including phenoxy) is 2. The Hall–Kier alpha value is -4.25. The summed E-state index contributed by atoms with van der Waals surface area (Å²) in [6.45, 7) is 1.09. The van der Waals surface area contributed by atoms with Gasteiger partial charge in [0.15, 0.2) is 5.82 Å². The average molecular weight is 476 g/mol. The number of hydrogen-bond acceptors (Lipinski definition) is 9. The fourth-order valence-corrected chi connectivity index (χ4v) is 4.02. The van der Waals surface area contributed by atoms with Crippen LogP contribution in [0.5, 0.6) is 0 Å². The molecule has 5 rings (SSSR count). The van der Waals surface area contributed by atoms with Crippen molar-refractivity contribution in [2.45, 2.75) is 19.0 Å². The van der Waals surface area contributed by atoms with Crippen LogP contribution in [0.1, 0.15) is 12.0 Å². The lowest BCUT2D eigenvalue weighted by Crippen LogP contribution is -2.43. The predicted molar refractivity (Wildman–Crippen MR) is 126 cm³/mol. The second-order valence-corrected chi connectivity index (χ2v) is 8.12. The van der Waals surface area contributed by atoms with Crippen LogP contribution in [0, 0.1) is 0 Å². The number of methoxy groups -OCH3 is 2. The quantitative estimate of drug-likeness (QED) is 0.386. The number of nitrogens with one attached hydrogen (secondary N) is 2. The van der Waals surface area contributed by atoms with Crippen molar-refractivity contribution in [2.24, 2.45) is 0 Å². The van der Waals surface area contributed by atoms with Crippen LogP contribution in [0.25, 0.3) is 34.2 Å². The third-order valence-corrected chi connectivity index (χ3v) is 5.83. The van der Waals surface area contributed by atoms with Gasteiger partial charge in [-0.3, -0.25) is 9.59 Å². The van der Waals surface area contributed by atoms with E-state index in [-0.39, 0.29) is 18.2 Å². The number of nitrogens with zero attached hydrogens (tertiary/aromatic N) is 4. The number of esters is 1. The number of hydrogen-bond donors (Lipinski definition) is 2. The van der Waals surface area contributed by atoms with Gasteiger partial charge in [-0.05, 0) is 35.9 Å². The number of aromatic nitrogens is 4. The molecule has 1 atom stereocenters. The zero-order chi connectivity index (χ0) is 24.4. The van der Waals surface area contributed by atoms with Crippen molar-refractivity contribution < 1.29 is 23.5 Å². The number of H-pyrrole nitrogens is 1. The third-order valence-electron chi connectivity index (χ3n) is 5.83. The summed E-state index contributed by atoms with van der Waals surface area (Å²) >= 11 is 0. The van der Waals surface area contributed by atoms with Gasteiger partial charge in [0.25, 0.3) is 5.89 Å². The molecule has 0 saturated carbocycles. The van der Waals surface area contributed by atoms with Crippen molar-refractivity contribution in [3.05, 3.63) is 48.0 Å². The molecule has 1 unspecified atom stereocenters. The van der Waals surface area contributed by atoms with Crippen LogP contribution in [-0.4, -0.2) is 70.4 Å². The van der Waals surface area contributed by atoms with E-state index in [0.29, 0.717) is 37.0 Å². The van der Waals surface area contributed by atoms with Crippen LogP contribution < -0.4 is 5.32 Å². The summed E-state index contributed by atoms with van der Waals surface area (Å²) in [5.74, 6) is 0.429. The first kappa shape index (κ1) is 22.5. The van der Waals surface area contributed by atoms with E-state index >= 15 is 0 Å². The molecule has 2 aromatic heterocycles. The molecule has 0 spiro atoms. The van der Waals surface area contributed by atoms with Gasteiger partial charge >= 0.3 is 5.97 Å². The highest BCUT2D eigenvalue weighted by molar-refractivity contribution is 5.90. The fraction of sp³-hybridized carbons (Fsp3) is 0.292. The molecule has 2 N–H and O–H groups in total. The Morgan fingerprint density at radius 1 is 1.17 bits per heavy atom. The van der Waals surface area contributed by atoms with Crippen LogP contribution in [0.2, 0.25) is 0 Å². The summed E-state index contributed by atoms with van der Waals surface area (Å²) in [5, 5.41) is 11.5. The van der Waals surface area contributed by atoms with E-state index in [1.54, 1.807) is 12.0 Å². The molecule has 1 aliphatic heterocycles. The largest absolute Gasteiger partial charge is 0.469 e. The molecule has 11 nitrogen and oxygen atoms in total. The van der Waals surface area contributed by atoms with E-state index in [0.717, 1.165) is 22.3 Å². The van der Waals surface area contributed by atoms with E-state index < -0.39 is 12.0 Å². The molecule has 0 radical (unpaired) electrons. The minimum absolute atomic E-state index is 0.0788. The number of anilines is 1. The average Bonchev–Trinajstić information content (AvgIpc) is 3.51. The monoisotopic (exact) mass is 476 g/mol. The summed E-state index contributed by atoms with van der Waals surface area (Å²) in [7, 11) is 2.88. The second-order valence-electron chi connectivity index (χ2n) is 8.12. The number of benzene rings is 2. The van der Waals surface area contributed by atoms with Crippen molar-refractivity contribution in [2.75, 3.05) is 32.7 Å². The van der Waals surface area contributed by atoms with E-state index in [1.807, 2.05) is 42.5 Å². The number of fused-ring (bicyclic) bond motifs is 2. The van der Waals surface area contributed by atoms with Crippen molar-refractivity contribution in [1.82, 2.24) is 25.1 Å². The van der Waals surface area contributed by atoms with Gasteiger partial charge in [-0.2, -0.15) is 0 Å². The highest BCUT2D eigenvalue weighted by atomic mass is 16.5. The molecule has 1 aliphatic rings. The van der Waals surface area contributed by atoms with E-state index in [2.05, 4.69) is 25.5 Å². The lowest BCUT2D eigenvalue weighted by molar-refractivity contribution is -0.144. The SMILES string of the molecule is COCCN1Cc2cc(-c3nnc(-c4nc5ccccc5[nH]4)o3)ccc2NC(CC(=O)OC)C1=O. The number of imidazole rings is 1. The molecule has 1 amide bonds. The van der Waals surface area contributed by atoms with Crippen molar-refractivity contribution in [3.63, 3.8) is 0 Å². The summed E-state index contributed by atoms with van der Waals surface area (Å²) in [6, 6.07) is 12.5. The molecule has 0 aliphatic carbocycles. The molecule has 3 heterocycles. The number of carbonyl (C=O) groups excluding carboxylic acids is 2. The molecule has 0 fully saturated rings. The lowest BCUT2D eigenvalue weighted by Gasteiger charge is -2.23. The Bertz CT molecular complexity index is 1350. The van der Waals surface area contributed by atoms with E-state index in [4.69, 9.17) is 13.9 Å². The summed E-state index contributed by atoms with van der Waals surface area (Å²) in [5.41, 5.74) is 3.98. The topological polar surface area (TPSA) is 135 Å². The fourth-order valence-electron chi connectivity index (χ4n) is 4.02. The maximum atomic E-state index is 13.1. The minimum Gasteiger partial charge on any atom is -0.469 e. The predicted octanol–water partition coefficient (Wildman–Crippen LogP) is 2.61. The van der Waals surface area contributed by atoms with Crippen LogP contribution in [0.15, 0.2) is 46.9 Å². The first-order chi connectivity index (χ1) is 17.1. The van der Waals surface area contributed by atoms with Crippen LogP contribution >= 0.6 is 0 Å². The molecule has 0 bridgehead atoms. The molecular formula is C24H24N6O5. The van der Waals surface area contributed by atoms with Gasteiger partial charge in [0.05, 0.1) is 31.2 Å². The normalized spacial score (nSPS) is 15.5. The maximum Gasteiger partial charge on any atom is 0.308 e. The highest BCUT2D eigenvalue weighted by Gasteiger charge is 2.31. The summed E-state index contributed by atoms with van der Waals surface area (Å²) in [6.07, 6.45) is -0.0788. The van der Waals surface area contributed by atoms with Gasteiger partial charge in [-0.15, -0.1) is 10.2 Å². The van der Waals surface area contributed by atoms with Crippen molar-refractivity contribution in [3.8, 4) is 23.2 Å². The molecular weight excluding hydrogens is 452 g/mol. The molecule has 35 heavy (non-hydrogen) atoms. The van der Waals surface area contributed by atoms with E-state index in [1.165, 1.54) is 7.11 Å². The first-order valence-electron chi connectivity index (χ1n) is 11.1. The van der Waals surface area contributed by atoms with Gasteiger partial charge in [0.1, 0.15) is 6.04 Å². The smallest absolute Gasteiger partial charge is 0.308 e. The standard InChI is InChI=1S/C24H24N6O5/c1-33-10-9-30-13-15-11-14(7-8-16(15)25-19(24(30)32)12-20(31)34-2)22-28-29-23(35-22)21-26-17-5-3-4-6-18(17)27-21/h3-8,11,19,25H,9-10,12-13H2,1-2H3,(H,26,27). The molecule has 0 saturated heterocycles. The number of carbonyl (C=O) groups is 2. The zero-order valence-corrected chi connectivity index (χ0v) is 19.3. The van der Waals surface area contributed by atoms with E-state index in [9.17, 15) is 9.59 Å². The van der Waals surface area contributed by atoms with Crippen molar-refractivity contribution >= 4 is 28.6 Å². The van der Waals surface area contributed by atoms with Gasteiger partial charge in [0.2, 0.25) is 11.8 Å². The Labute approximate surface area is 200 Å². The zero-order valence-electron chi connectivity index (χ0n) is 19.3. The van der Waals surface area contributed by atoms with Crippen LogP contribution in [-0.2, 0) is 25.6 Å². The number of para-hydroxylation sites is 2. The van der Waals surface area contributed by atoms with Gasteiger partial charge < -0.3 is 29.1 Å².